The van der Waals surface area contributed by atoms with Crippen molar-refractivity contribution in [2.75, 3.05) is 6.54 Å². The van der Waals surface area contributed by atoms with Gasteiger partial charge in [-0.15, -0.1) is 11.3 Å². The van der Waals surface area contributed by atoms with Gasteiger partial charge in [-0.1, -0.05) is 19.3 Å². The first-order valence-electron chi connectivity index (χ1n) is 10.4. The summed E-state index contributed by atoms with van der Waals surface area (Å²) < 4.78 is 34.2. The quantitative estimate of drug-likeness (QED) is 0.575. The zero-order valence-corrected chi connectivity index (χ0v) is 20.2. The lowest BCUT2D eigenvalue weighted by Gasteiger charge is -2.37. The van der Waals surface area contributed by atoms with Gasteiger partial charge in [-0.2, -0.15) is 0 Å². The Labute approximate surface area is 184 Å². The molecule has 1 aromatic rings. The molecule has 0 aliphatic heterocycles. The summed E-state index contributed by atoms with van der Waals surface area (Å²) in [4.78, 5) is 24.5. The van der Waals surface area contributed by atoms with Crippen molar-refractivity contribution >= 4 is 33.2 Å². The Morgan fingerprint density at radius 1 is 1.20 bits per heavy atom. The van der Waals surface area contributed by atoms with E-state index in [4.69, 9.17) is 4.74 Å². The molecule has 30 heavy (non-hydrogen) atoms. The minimum Gasteiger partial charge on any atom is -0.460 e. The smallest absolute Gasteiger partial charge is 0.306 e. The van der Waals surface area contributed by atoms with E-state index in [2.05, 4.69) is 10.0 Å². The van der Waals surface area contributed by atoms with Crippen LogP contribution < -0.4 is 10.0 Å². The Balaban J connectivity index is 2.09. The number of sulfonamides is 1. The molecule has 1 atom stereocenters. The molecular formula is C21H34N2O5S2. The zero-order valence-electron chi connectivity index (χ0n) is 18.5. The second kappa shape index (κ2) is 9.78. The van der Waals surface area contributed by atoms with E-state index in [1.54, 1.807) is 12.1 Å². The molecule has 0 saturated heterocycles. The van der Waals surface area contributed by atoms with Crippen LogP contribution in [0.4, 0.5) is 0 Å². The van der Waals surface area contributed by atoms with Crippen molar-refractivity contribution in [2.45, 2.75) is 89.0 Å². The lowest BCUT2D eigenvalue weighted by Crippen LogP contribution is -2.41. The Morgan fingerprint density at radius 3 is 2.40 bits per heavy atom. The highest BCUT2D eigenvalue weighted by molar-refractivity contribution is 7.91. The number of rotatable bonds is 8. The molecule has 1 amide bonds. The minimum absolute atomic E-state index is 0.167. The highest BCUT2D eigenvalue weighted by atomic mass is 32.2. The van der Waals surface area contributed by atoms with Crippen LogP contribution >= 0.6 is 11.3 Å². The van der Waals surface area contributed by atoms with Crippen molar-refractivity contribution in [3.8, 4) is 0 Å². The molecule has 2 rings (SSSR count). The van der Waals surface area contributed by atoms with Gasteiger partial charge in [-0.3, -0.25) is 9.59 Å². The van der Waals surface area contributed by atoms with Gasteiger partial charge in [0.15, 0.2) is 0 Å². The second-order valence-electron chi connectivity index (χ2n) is 9.23. The van der Waals surface area contributed by atoms with Crippen LogP contribution in [0.25, 0.3) is 0 Å². The van der Waals surface area contributed by atoms with Crippen LogP contribution in [0.2, 0.25) is 0 Å². The Hall–Kier alpha value is -1.45. The number of thiophene rings is 1. The van der Waals surface area contributed by atoms with E-state index in [0.717, 1.165) is 48.3 Å². The average molecular weight is 459 g/mol. The van der Waals surface area contributed by atoms with E-state index < -0.39 is 21.0 Å². The molecule has 170 valence electrons. The highest BCUT2D eigenvalue weighted by Crippen LogP contribution is 2.40. The van der Waals surface area contributed by atoms with Gasteiger partial charge in [0.25, 0.3) is 0 Å². The third-order valence-electron chi connectivity index (χ3n) is 5.20. The maximum Gasteiger partial charge on any atom is 0.306 e. The molecule has 2 N–H and O–H groups in total. The van der Waals surface area contributed by atoms with E-state index >= 15 is 0 Å². The molecule has 0 bridgehead atoms. The van der Waals surface area contributed by atoms with E-state index in [0.29, 0.717) is 0 Å². The van der Waals surface area contributed by atoms with Gasteiger partial charge in [-0.05, 0) is 58.1 Å². The molecule has 1 heterocycles. The van der Waals surface area contributed by atoms with E-state index in [1.807, 2.05) is 27.7 Å². The van der Waals surface area contributed by atoms with Crippen LogP contribution in [0.5, 0.6) is 0 Å². The number of amides is 1. The first kappa shape index (κ1) is 24.8. The molecule has 1 unspecified atom stereocenters. The number of esters is 1. The molecule has 1 aliphatic rings. The number of carbonyl (C=O) groups is 2. The van der Waals surface area contributed by atoms with Crippen LogP contribution in [-0.2, 0) is 24.3 Å². The lowest BCUT2D eigenvalue weighted by atomic mass is 9.72. The predicted molar refractivity (Wildman–Crippen MR) is 118 cm³/mol. The van der Waals surface area contributed by atoms with Crippen LogP contribution in [0.15, 0.2) is 16.3 Å². The van der Waals surface area contributed by atoms with E-state index in [-0.39, 0.29) is 35.1 Å². The lowest BCUT2D eigenvalue weighted by molar-refractivity contribution is -0.158. The number of nitrogens with one attached hydrogen (secondary N) is 2. The van der Waals surface area contributed by atoms with Crippen molar-refractivity contribution in [3.05, 3.63) is 17.0 Å². The van der Waals surface area contributed by atoms with Crippen LogP contribution in [-0.4, -0.2) is 32.4 Å². The summed E-state index contributed by atoms with van der Waals surface area (Å²) in [6.45, 7) is 8.95. The molecule has 0 aromatic carbocycles. The zero-order chi connectivity index (χ0) is 22.6. The van der Waals surface area contributed by atoms with E-state index in [1.165, 1.54) is 6.92 Å². The van der Waals surface area contributed by atoms with Crippen molar-refractivity contribution in [2.24, 2.45) is 5.41 Å². The monoisotopic (exact) mass is 458 g/mol. The molecule has 1 aliphatic carbocycles. The van der Waals surface area contributed by atoms with E-state index in [9.17, 15) is 18.0 Å². The van der Waals surface area contributed by atoms with Gasteiger partial charge < -0.3 is 10.1 Å². The molecule has 0 radical (unpaired) electrons. The topological polar surface area (TPSA) is 102 Å². The summed E-state index contributed by atoms with van der Waals surface area (Å²) in [5.41, 5.74) is -0.984. The normalized spacial score (nSPS) is 17.9. The first-order chi connectivity index (χ1) is 13.8. The predicted octanol–water partition coefficient (Wildman–Crippen LogP) is 3.91. The molecule has 7 nitrogen and oxygen atoms in total. The minimum atomic E-state index is -3.71. The molecule has 1 aromatic heterocycles. The fourth-order valence-electron chi connectivity index (χ4n) is 3.81. The van der Waals surface area contributed by atoms with Gasteiger partial charge in [-0.25, -0.2) is 13.1 Å². The largest absolute Gasteiger partial charge is 0.460 e. The highest BCUT2D eigenvalue weighted by Gasteiger charge is 2.37. The summed E-state index contributed by atoms with van der Waals surface area (Å²) in [6, 6.07) is 3.02. The summed E-state index contributed by atoms with van der Waals surface area (Å²) in [5, 5.41) is 2.76. The molecule has 9 heteroatoms. The fourth-order valence-corrected chi connectivity index (χ4v) is 6.34. The summed E-state index contributed by atoms with van der Waals surface area (Å²) in [7, 11) is -3.71. The van der Waals surface area contributed by atoms with Gasteiger partial charge in [0.2, 0.25) is 15.9 Å². The van der Waals surface area contributed by atoms with Gasteiger partial charge in [0.1, 0.15) is 9.81 Å². The molecular weight excluding hydrogens is 424 g/mol. The Bertz CT molecular complexity index is 849. The Kier molecular flexibility index (Phi) is 8.09. The standard InChI is InChI=1S/C21H34N2O5S2/c1-15(23-16(2)24)17-9-10-19(29-17)30(26,27)22-14-21(11-7-6-8-12-21)13-18(25)28-20(3,4)5/h9-10,15,22H,6-8,11-14H2,1-5H3,(H,23,24). The van der Waals surface area contributed by atoms with Crippen molar-refractivity contribution < 1.29 is 22.7 Å². The number of hydrogen-bond acceptors (Lipinski definition) is 6. The van der Waals surface area contributed by atoms with Crippen LogP contribution in [0, 0.1) is 5.41 Å². The molecule has 0 spiro atoms. The SMILES string of the molecule is CC(=O)NC(C)c1ccc(S(=O)(=O)NCC2(CC(=O)OC(C)(C)C)CCCCC2)s1. The number of ether oxygens (including phenoxy) is 1. The van der Waals surface area contributed by atoms with Crippen molar-refractivity contribution in [3.63, 3.8) is 0 Å². The first-order valence-corrected chi connectivity index (χ1v) is 12.7. The summed E-state index contributed by atoms with van der Waals surface area (Å²) in [5.74, 6) is -0.453. The van der Waals surface area contributed by atoms with Gasteiger partial charge >= 0.3 is 5.97 Å². The average Bonchev–Trinajstić information content (AvgIpc) is 3.10. The Morgan fingerprint density at radius 2 is 1.83 bits per heavy atom. The fraction of sp³-hybridized carbons (Fsp3) is 0.714. The van der Waals surface area contributed by atoms with Crippen LogP contribution in [0.1, 0.15) is 84.1 Å². The van der Waals surface area contributed by atoms with Crippen molar-refractivity contribution in [1.82, 2.24) is 10.0 Å². The summed E-state index contributed by atoms with van der Waals surface area (Å²) >= 11 is 1.14. The number of hydrogen-bond donors (Lipinski definition) is 2. The third kappa shape index (κ3) is 7.35. The number of carbonyl (C=O) groups excluding carboxylic acids is 2. The summed E-state index contributed by atoms with van der Waals surface area (Å²) in [6.07, 6.45) is 4.85. The van der Waals surface area contributed by atoms with Crippen LogP contribution in [0.3, 0.4) is 0 Å². The van der Waals surface area contributed by atoms with Gasteiger partial charge in [0, 0.05) is 18.3 Å². The molecule has 1 saturated carbocycles. The maximum absolute atomic E-state index is 12.9. The van der Waals surface area contributed by atoms with Gasteiger partial charge in [0.05, 0.1) is 12.5 Å². The third-order valence-corrected chi connectivity index (χ3v) is 8.37. The van der Waals surface area contributed by atoms with Crippen molar-refractivity contribution in [1.29, 1.82) is 0 Å². The molecule has 1 fully saturated rings. The maximum atomic E-state index is 12.9. The second-order valence-corrected chi connectivity index (χ2v) is 12.3.